The predicted molar refractivity (Wildman–Crippen MR) is 85.7 cm³/mol. The number of nitrogens with one attached hydrogen (secondary N) is 1. The van der Waals surface area contributed by atoms with Crippen molar-refractivity contribution in [2.75, 3.05) is 26.4 Å². The summed E-state index contributed by atoms with van der Waals surface area (Å²) in [7, 11) is 0. The molecule has 0 fully saturated rings. The van der Waals surface area contributed by atoms with Crippen molar-refractivity contribution in [2.45, 2.75) is 6.54 Å². The number of ether oxygens (including phenoxy) is 1. The van der Waals surface area contributed by atoms with Crippen molar-refractivity contribution in [3.05, 3.63) is 46.7 Å². The van der Waals surface area contributed by atoms with Crippen LogP contribution < -0.4 is 5.32 Å². The molecule has 0 saturated carbocycles. The van der Waals surface area contributed by atoms with Crippen LogP contribution in [-0.2, 0) is 11.3 Å². The van der Waals surface area contributed by atoms with Crippen LogP contribution in [0.2, 0.25) is 5.02 Å². The summed E-state index contributed by atoms with van der Waals surface area (Å²) >= 11 is 6.11. The van der Waals surface area contributed by atoms with Gasteiger partial charge in [-0.1, -0.05) is 11.6 Å². The second kappa shape index (κ2) is 8.69. The minimum absolute atomic E-state index is 0.0116. The van der Waals surface area contributed by atoms with Crippen LogP contribution in [-0.4, -0.2) is 42.5 Å². The maximum Gasteiger partial charge on any atom is 0.335 e. The minimum atomic E-state index is -1.01. The number of halogens is 1. The highest BCUT2D eigenvalue weighted by Crippen LogP contribution is 2.30. The molecule has 6 nitrogen and oxygen atoms in total. The van der Waals surface area contributed by atoms with Gasteiger partial charge in [0.15, 0.2) is 0 Å². The molecule has 0 spiro atoms. The largest absolute Gasteiger partial charge is 0.478 e. The lowest BCUT2D eigenvalue weighted by molar-refractivity contribution is 0.0697. The van der Waals surface area contributed by atoms with Crippen LogP contribution in [0.5, 0.6) is 0 Å². The Bertz CT molecular complexity index is 656. The van der Waals surface area contributed by atoms with Gasteiger partial charge in [-0.3, -0.25) is 0 Å². The molecule has 0 aliphatic carbocycles. The lowest BCUT2D eigenvalue weighted by Crippen LogP contribution is -2.19. The van der Waals surface area contributed by atoms with Crippen molar-refractivity contribution in [1.29, 1.82) is 0 Å². The third-order valence-corrected chi connectivity index (χ3v) is 3.43. The van der Waals surface area contributed by atoms with Gasteiger partial charge in [0.2, 0.25) is 0 Å². The third kappa shape index (κ3) is 5.07. The smallest absolute Gasteiger partial charge is 0.335 e. The van der Waals surface area contributed by atoms with Crippen LogP contribution in [0.3, 0.4) is 0 Å². The van der Waals surface area contributed by atoms with Crippen molar-refractivity contribution in [1.82, 2.24) is 5.32 Å². The predicted octanol–water partition coefficient (Wildman–Crippen LogP) is 2.40. The summed E-state index contributed by atoms with van der Waals surface area (Å²) in [5.41, 5.74) is 0.700. The fraction of sp³-hybridized carbons (Fsp3) is 0.312. The summed E-state index contributed by atoms with van der Waals surface area (Å²) in [6, 6.07) is 8.04. The molecule has 2 aromatic rings. The van der Waals surface area contributed by atoms with Crippen molar-refractivity contribution >= 4 is 17.6 Å². The van der Waals surface area contributed by atoms with E-state index in [4.69, 9.17) is 31.0 Å². The van der Waals surface area contributed by atoms with Gasteiger partial charge in [0.25, 0.3) is 0 Å². The Morgan fingerprint density at radius 3 is 2.83 bits per heavy atom. The average Bonchev–Trinajstić information content (AvgIpc) is 2.99. The first-order valence-corrected chi connectivity index (χ1v) is 7.51. The van der Waals surface area contributed by atoms with Crippen molar-refractivity contribution < 1.29 is 24.2 Å². The molecule has 0 aliphatic heterocycles. The van der Waals surface area contributed by atoms with E-state index in [0.29, 0.717) is 48.4 Å². The number of hydrogen-bond donors (Lipinski definition) is 3. The summed E-state index contributed by atoms with van der Waals surface area (Å²) in [6.07, 6.45) is 0. The first-order valence-electron chi connectivity index (χ1n) is 7.13. The molecule has 2 rings (SSSR count). The van der Waals surface area contributed by atoms with Crippen LogP contribution in [0.4, 0.5) is 0 Å². The van der Waals surface area contributed by atoms with E-state index in [0.717, 1.165) is 0 Å². The number of aromatic carboxylic acids is 1. The van der Waals surface area contributed by atoms with Gasteiger partial charge in [-0.2, -0.15) is 0 Å². The number of carbonyl (C=O) groups is 1. The second-order valence-electron chi connectivity index (χ2n) is 4.78. The number of aliphatic hydroxyl groups excluding tert-OH is 1. The fourth-order valence-corrected chi connectivity index (χ4v) is 2.20. The van der Waals surface area contributed by atoms with Gasteiger partial charge in [-0.05, 0) is 30.3 Å². The number of aliphatic hydroxyl groups is 1. The van der Waals surface area contributed by atoms with Gasteiger partial charge in [0.05, 0.1) is 37.0 Å². The molecule has 0 atom stereocenters. The number of rotatable bonds is 9. The average molecular weight is 340 g/mol. The number of benzene rings is 1. The van der Waals surface area contributed by atoms with Crippen LogP contribution in [0.15, 0.2) is 34.7 Å². The maximum atomic E-state index is 11.0. The lowest BCUT2D eigenvalue weighted by atomic mass is 10.1. The van der Waals surface area contributed by atoms with E-state index in [-0.39, 0.29) is 12.2 Å². The minimum Gasteiger partial charge on any atom is -0.478 e. The number of furan rings is 1. The summed E-state index contributed by atoms with van der Waals surface area (Å²) in [4.78, 5) is 11.0. The zero-order valence-electron chi connectivity index (χ0n) is 12.4. The molecule has 7 heteroatoms. The molecular formula is C16H18ClNO5. The second-order valence-corrected chi connectivity index (χ2v) is 5.19. The van der Waals surface area contributed by atoms with Gasteiger partial charge >= 0.3 is 5.97 Å². The molecule has 0 aliphatic rings. The monoisotopic (exact) mass is 339 g/mol. The highest BCUT2D eigenvalue weighted by atomic mass is 35.5. The van der Waals surface area contributed by atoms with E-state index >= 15 is 0 Å². The molecule has 0 radical (unpaired) electrons. The molecule has 0 bridgehead atoms. The molecule has 0 unspecified atom stereocenters. The molecule has 0 saturated heterocycles. The highest BCUT2D eigenvalue weighted by Gasteiger charge is 2.12. The highest BCUT2D eigenvalue weighted by molar-refractivity contribution is 6.33. The normalized spacial score (nSPS) is 10.9. The summed E-state index contributed by atoms with van der Waals surface area (Å²) in [6.45, 7) is 1.98. The SMILES string of the molecule is O=C(O)c1ccc(Cl)c(-c2ccc(CNCCOCCO)o2)c1. The van der Waals surface area contributed by atoms with Gasteiger partial charge < -0.3 is 24.7 Å². The van der Waals surface area contributed by atoms with Crippen LogP contribution in [0.1, 0.15) is 16.1 Å². The van der Waals surface area contributed by atoms with Crippen LogP contribution in [0.25, 0.3) is 11.3 Å². The Morgan fingerprint density at radius 2 is 2.09 bits per heavy atom. The summed E-state index contributed by atoms with van der Waals surface area (Å²) in [5, 5.41) is 21.2. The standard InChI is InChI=1S/C16H18ClNO5/c17-14-3-1-11(16(20)21)9-13(14)15-4-2-12(23-15)10-18-5-7-22-8-6-19/h1-4,9,18-19H,5-8,10H2,(H,20,21). The van der Waals surface area contributed by atoms with Gasteiger partial charge in [-0.15, -0.1) is 0 Å². The molecule has 1 heterocycles. The maximum absolute atomic E-state index is 11.0. The van der Waals surface area contributed by atoms with E-state index in [2.05, 4.69) is 5.32 Å². The number of hydrogen-bond acceptors (Lipinski definition) is 5. The van der Waals surface area contributed by atoms with E-state index in [1.54, 1.807) is 18.2 Å². The summed E-state index contributed by atoms with van der Waals surface area (Å²) < 4.78 is 10.8. The van der Waals surface area contributed by atoms with Crippen LogP contribution >= 0.6 is 11.6 Å². The molecule has 0 amide bonds. The van der Waals surface area contributed by atoms with Gasteiger partial charge in [0.1, 0.15) is 11.5 Å². The van der Waals surface area contributed by atoms with Gasteiger partial charge in [0, 0.05) is 12.1 Å². The fourth-order valence-electron chi connectivity index (χ4n) is 1.99. The van der Waals surface area contributed by atoms with Crippen molar-refractivity contribution in [2.24, 2.45) is 0 Å². The Labute approximate surface area is 138 Å². The quantitative estimate of drug-likeness (QED) is 0.608. The topological polar surface area (TPSA) is 91.9 Å². The third-order valence-electron chi connectivity index (χ3n) is 3.10. The molecule has 124 valence electrons. The van der Waals surface area contributed by atoms with Crippen LogP contribution in [0, 0.1) is 0 Å². The Kier molecular flexibility index (Phi) is 6.61. The molecular weight excluding hydrogens is 322 g/mol. The first kappa shape index (κ1) is 17.5. The molecule has 3 N–H and O–H groups in total. The Morgan fingerprint density at radius 1 is 1.26 bits per heavy atom. The molecule has 1 aromatic carbocycles. The molecule has 1 aromatic heterocycles. The summed E-state index contributed by atoms with van der Waals surface area (Å²) in [5.74, 6) is 0.213. The van der Waals surface area contributed by atoms with E-state index < -0.39 is 5.97 Å². The number of carboxylic acids is 1. The first-order chi connectivity index (χ1) is 11.1. The molecule has 23 heavy (non-hydrogen) atoms. The van der Waals surface area contributed by atoms with Crippen molar-refractivity contribution in [3.8, 4) is 11.3 Å². The van der Waals surface area contributed by atoms with Gasteiger partial charge in [-0.25, -0.2) is 4.79 Å². The van der Waals surface area contributed by atoms with Crippen molar-refractivity contribution in [3.63, 3.8) is 0 Å². The van der Waals surface area contributed by atoms with E-state index in [1.165, 1.54) is 12.1 Å². The zero-order valence-corrected chi connectivity index (χ0v) is 13.2. The number of carboxylic acid groups (broad SMARTS) is 1. The Balaban J connectivity index is 1.96. The lowest BCUT2D eigenvalue weighted by Gasteiger charge is -2.04. The Hall–Kier alpha value is -1.86. The van der Waals surface area contributed by atoms with E-state index in [9.17, 15) is 4.79 Å². The van der Waals surface area contributed by atoms with E-state index in [1.807, 2.05) is 0 Å². The zero-order chi connectivity index (χ0) is 16.7.